The minimum Gasteiger partial charge on any atom is -0.438 e. The second kappa shape index (κ2) is 11.3. The highest BCUT2D eigenvalue weighted by Gasteiger charge is 2.22. The number of rotatable bonds is 7. The molecule has 0 unspecified atom stereocenters. The van der Waals surface area contributed by atoms with Gasteiger partial charge >= 0.3 is 0 Å². The maximum atomic E-state index is 11.3. The average Bonchev–Trinajstić information content (AvgIpc) is 2.89. The summed E-state index contributed by atoms with van der Waals surface area (Å²) in [4.78, 5) is 15.5. The van der Waals surface area contributed by atoms with E-state index in [0.29, 0.717) is 23.4 Å². The van der Waals surface area contributed by atoms with E-state index in [0.717, 1.165) is 17.7 Å². The molecule has 3 aromatic carbocycles. The molecule has 1 aromatic heterocycles. The van der Waals surface area contributed by atoms with E-state index in [9.17, 15) is 4.79 Å². The van der Waals surface area contributed by atoms with Crippen LogP contribution in [0.5, 0.6) is 11.6 Å². The minimum atomic E-state index is -0.505. The Morgan fingerprint density at radius 2 is 1.60 bits per heavy atom. The Bertz CT molecular complexity index is 1270. The molecule has 5 nitrogen and oxygen atoms in total. The average molecular weight is 488 g/mol. The number of aromatic nitrogens is 1. The number of amides is 1. The van der Waals surface area contributed by atoms with Crippen molar-refractivity contribution in [2.75, 3.05) is 0 Å². The Kier molecular flexibility index (Phi) is 8.01. The van der Waals surface area contributed by atoms with Crippen LogP contribution in [0.2, 0.25) is 0 Å². The molecule has 1 fully saturated rings. The predicted octanol–water partition coefficient (Wildman–Crippen LogP) is 6.36. The molecule has 0 radical (unpaired) electrons. The number of carbonyl (C=O) groups is 1. The second-order valence-corrected chi connectivity index (χ2v) is 8.96. The molecular weight excluding hydrogens is 458 g/mol. The minimum absolute atomic E-state index is 0. The molecule has 4 aromatic rings. The number of hydrogen-bond donors (Lipinski definition) is 2. The summed E-state index contributed by atoms with van der Waals surface area (Å²) in [5, 5.41) is 5.99. The third-order valence-electron chi connectivity index (χ3n) is 6.79. The SMILES string of the molecule is Cl.NC(=O)c1ccc(Oc2ccc(CN[C@H]3CC[C@@H](c4ccccc4)CC3)c3ccccc23)nc1. The molecular formula is C29H30ClN3O2. The number of hydrogen-bond acceptors (Lipinski definition) is 4. The van der Waals surface area contributed by atoms with Gasteiger partial charge in [0.1, 0.15) is 5.75 Å². The van der Waals surface area contributed by atoms with Crippen molar-refractivity contribution in [3.8, 4) is 11.6 Å². The first-order chi connectivity index (χ1) is 16.7. The number of nitrogens with one attached hydrogen (secondary N) is 1. The number of pyridine rings is 1. The van der Waals surface area contributed by atoms with Crippen molar-refractivity contribution in [2.24, 2.45) is 5.73 Å². The Labute approximate surface area is 212 Å². The Morgan fingerprint density at radius 1 is 0.886 bits per heavy atom. The first kappa shape index (κ1) is 24.7. The summed E-state index contributed by atoms with van der Waals surface area (Å²) in [5.74, 6) is 1.34. The standard InChI is InChI=1S/C29H29N3O2.ClH/c30-29(33)23-13-17-28(32-19-23)34-27-16-12-22(25-8-4-5-9-26(25)27)18-31-24-14-10-21(11-15-24)20-6-2-1-3-7-20;/h1-9,12-13,16-17,19,21,24,31H,10-11,14-15,18H2,(H2,30,33);1H/t21-,24+;. The Hall–Kier alpha value is -3.41. The molecule has 0 bridgehead atoms. The molecule has 35 heavy (non-hydrogen) atoms. The van der Waals surface area contributed by atoms with Crippen molar-refractivity contribution in [3.63, 3.8) is 0 Å². The summed E-state index contributed by atoms with van der Waals surface area (Å²) in [6, 6.07) is 27.1. The number of fused-ring (bicyclic) bond motifs is 1. The van der Waals surface area contributed by atoms with Crippen LogP contribution in [-0.4, -0.2) is 16.9 Å². The maximum Gasteiger partial charge on any atom is 0.250 e. The van der Waals surface area contributed by atoms with Gasteiger partial charge in [0, 0.05) is 30.2 Å². The van der Waals surface area contributed by atoms with E-state index in [1.54, 1.807) is 12.1 Å². The number of nitrogens with zero attached hydrogens (tertiary/aromatic N) is 1. The van der Waals surface area contributed by atoms with Gasteiger partial charge in [-0.3, -0.25) is 4.79 Å². The second-order valence-electron chi connectivity index (χ2n) is 8.96. The first-order valence-corrected chi connectivity index (χ1v) is 11.9. The zero-order valence-corrected chi connectivity index (χ0v) is 20.3. The number of halogens is 1. The van der Waals surface area contributed by atoms with Crippen molar-refractivity contribution >= 4 is 29.1 Å². The molecule has 1 aliphatic rings. The van der Waals surface area contributed by atoms with Gasteiger partial charge in [-0.05, 0) is 60.2 Å². The van der Waals surface area contributed by atoms with Crippen LogP contribution in [0.3, 0.4) is 0 Å². The number of carbonyl (C=O) groups excluding carboxylic acids is 1. The zero-order valence-electron chi connectivity index (χ0n) is 19.5. The molecule has 180 valence electrons. The van der Waals surface area contributed by atoms with Gasteiger partial charge in [-0.2, -0.15) is 0 Å². The van der Waals surface area contributed by atoms with Crippen molar-refractivity contribution < 1.29 is 9.53 Å². The molecule has 1 heterocycles. The zero-order chi connectivity index (χ0) is 23.3. The maximum absolute atomic E-state index is 11.3. The van der Waals surface area contributed by atoms with Gasteiger partial charge in [-0.15, -0.1) is 12.4 Å². The van der Waals surface area contributed by atoms with Gasteiger partial charge in [0.05, 0.1) is 5.56 Å². The van der Waals surface area contributed by atoms with E-state index in [-0.39, 0.29) is 12.4 Å². The molecule has 6 heteroatoms. The normalized spacial score (nSPS) is 17.5. The van der Waals surface area contributed by atoms with Crippen LogP contribution in [0, 0.1) is 0 Å². The van der Waals surface area contributed by atoms with Crippen LogP contribution in [0.1, 0.15) is 53.1 Å². The Morgan fingerprint density at radius 3 is 2.29 bits per heavy atom. The molecule has 1 saturated carbocycles. The van der Waals surface area contributed by atoms with Gasteiger partial charge in [0.2, 0.25) is 11.8 Å². The number of ether oxygens (including phenoxy) is 1. The predicted molar refractivity (Wildman–Crippen MR) is 142 cm³/mol. The fraction of sp³-hybridized carbons (Fsp3) is 0.241. The molecule has 0 saturated heterocycles. The highest BCUT2D eigenvalue weighted by atomic mass is 35.5. The summed E-state index contributed by atoms with van der Waals surface area (Å²) in [6.45, 7) is 0.826. The fourth-order valence-corrected chi connectivity index (χ4v) is 4.89. The van der Waals surface area contributed by atoms with Gasteiger partial charge in [0.25, 0.3) is 0 Å². The number of benzene rings is 3. The molecule has 1 amide bonds. The lowest BCUT2D eigenvalue weighted by Gasteiger charge is -2.29. The lowest BCUT2D eigenvalue weighted by molar-refractivity contribution is 0.1000. The van der Waals surface area contributed by atoms with E-state index in [4.69, 9.17) is 10.5 Å². The molecule has 0 atom stereocenters. The quantitative estimate of drug-likeness (QED) is 0.318. The lowest BCUT2D eigenvalue weighted by atomic mass is 9.82. The van der Waals surface area contributed by atoms with Gasteiger partial charge in [-0.1, -0.05) is 60.7 Å². The van der Waals surface area contributed by atoms with E-state index < -0.39 is 5.91 Å². The topological polar surface area (TPSA) is 77.2 Å². The van der Waals surface area contributed by atoms with Gasteiger partial charge < -0.3 is 15.8 Å². The number of primary amides is 1. The van der Waals surface area contributed by atoms with Crippen LogP contribution in [0.15, 0.2) is 85.1 Å². The molecule has 0 spiro atoms. The summed E-state index contributed by atoms with van der Waals surface area (Å²) >= 11 is 0. The summed E-state index contributed by atoms with van der Waals surface area (Å²) in [5.41, 5.74) is 8.38. The number of nitrogens with two attached hydrogens (primary N) is 1. The highest BCUT2D eigenvalue weighted by molar-refractivity contribution is 5.92. The van der Waals surface area contributed by atoms with E-state index in [2.05, 4.69) is 64.9 Å². The summed E-state index contributed by atoms with van der Waals surface area (Å²) in [7, 11) is 0. The van der Waals surface area contributed by atoms with Crippen LogP contribution in [0.4, 0.5) is 0 Å². The Balaban J connectivity index is 0.00000289. The van der Waals surface area contributed by atoms with Crippen molar-refractivity contribution in [3.05, 3.63) is 102 Å². The van der Waals surface area contributed by atoms with Crippen molar-refractivity contribution in [1.29, 1.82) is 0 Å². The van der Waals surface area contributed by atoms with E-state index in [1.807, 2.05) is 12.1 Å². The molecule has 0 aliphatic heterocycles. The van der Waals surface area contributed by atoms with Crippen LogP contribution in [0.25, 0.3) is 10.8 Å². The van der Waals surface area contributed by atoms with E-state index >= 15 is 0 Å². The van der Waals surface area contributed by atoms with Crippen LogP contribution in [-0.2, 0) is 6.54 Å². The molecule has 1 aliphatic carbocycles. The molecule has 5 rings (SSSR count). The lowest BCUT2D eigenvalue weighted by Crippen LogP contribution is -2.32. The monoisotopic (exact) mass is 487 g/mol. The molecule has 3 N–H and O–H groups in total. The fourth-order valence-electron chi connectivity index (χ4n) is 4.89. The highest BCUT2D eigenvalue weighted by Crippen LogP contribution is 2.34. The summed E-state index contributed by atoms with van der Waals surface area (Å²) < 4.78 is 6.05. The third-order valence-corrected chi connectivity index (χ3v) is 6.79. The van der Waals surface area contributed by atoms with E-state index in [1.165, 1.54) is 48.4 Å². The van der Waals surface area contributed by atoms with Crippen LogP contribution < -0.4 is 15.8 Å². The van der Waals surface area contributed by atoms with Crippen molar-refractivity contribution in [2.45, 2.75) is 44.2 Å². The largest absolute Gasteiger partial charge is 0.438 e. The van der Waals surface area contributed by atoms with Gasteiger partial charge in [-0.25, -0.2) is 4.98 Å². The van der Waals surface area contributed by atoms with Crippen LogP contribution >= 0.6 is 12.4 Å². The van der Waals surface area contributed by atoms with Gasteiger partial charge in [0.15, 0.2) is 0 Å². The third kappa shape index (κ3) is 5.81. The smallest absolute Gasteiger partial charge is 0.250 e. The summed E-state index contributed by atoms with van der Waals surface area (Å²) in [6.07, 6.45) is 6.30. The first-order valence-electron chi connectivity index (χ1n) is 11.9. The van der Waals surface area contributed by atoms with Crippen molar-refractivity contribution in [1.82, 2.24) is 10.3 Å².